The van der Waals surface area contributed by atoms with Crippen LogP contribution in [0.4, 0.5) is 14.6 Å². The Labute approximate surface area is 201 Å². The van der Waals surface area contributed by atoms with Crippen LogP contribution in [0, 0.1) is 11.6 Å². The number of hydrogen-bond donors (Lipinski definition) is 2. The molecule has 2 bridgehead atoms. The average Bonchev–Trinajstić information content (AvgIpc) is 3.01. The molecule has 3 atom stereocenters. The number of hydrogen-bond acceptors (Lipinski definition) is 6. The van der Waals surface area contributed by atoms with Crippen molar-refractivity contribution in [1.29, 1.82) is 0 Å². The summed E-state index contributed by atoms with van der Waals surface area (Å²) in [5, 5.41) is 8.02. The molecule has 0 radical (unpaired) electrons. The normalized spacial score (nSPS) is 22.5. The van der Waals surface area contributed by atoms with Gasteiger partial charge in [-0.05, 0) is 57.7 Å². The maximum absolute atomic E-state index is 13.6. The fourth-order valence-electron chi connectivity index (χ4n) is 4.63. The number of pyridine rings is 1. The number of nitrogens with one attached hydrogen (secondary N) is 1. The van der Waals surface area contributed by atoms with Gasteiger partial charge in [-0.2, -0.15) is 0 Å². The van der Waals surface area contributed by atoms with E-state index in [9.17, 15) is 22.0 Å². The molecule has 1 aromatic carbocycles. The molecular weight excluding hydrogens is 490 g/mol. The Hall–Kier alpha value is -2.50. The Morgan fingerprint density at radius 1 is 1.21 bits per heavy atom. The number of anilines is 1. The molecule has 3 N–H and O–H groups in total. The van der Waals surface area contributed by atoms with Crippen LogP contribution in [0.2, 0.25) is 5.02 Å². The number of halogens is 3. The molecule has 8 nitrogen and oxygen atoms in total. The number of amides is 1. The van der Waals surface area contributed by atoms with Crippen LogP contribution in [-0.2, 0) is 14.8 Å². The van der Waals surface area contributed by atoms with Crippen molar-refractivity contribution in [2.45, 2.75) is 68.2 Å². The molecule has 1 amide bonds. The van der Waals surface area contributed by atoms with Gasteiger partial charge >= 0.3 is 0 Å². The van der Waals surface area contributed by atoms with Crippen LogP contribution in [0.25, 0.3) is 0 Å². The van der Waals surface area contributed by atoms with Gasteiger partial charge in [-0.3, -0.25) is 4.79 Å². The number of primary sulfonamides is 1. The zero-order valence-corrected chi connectivity index (χ0v) is 20.2. The Morgan fingerprint density at radius 3 is 2.38 bits per heavy atom. The molecule has 0 saturated carbocycles. The van der Waals surface area contributed by atoms with Gasteiger partial charge in [0.1, 0.15) is 16.5 Å². The lowest BCUT2D eigenvalue weighted by Crippen LogP contribution is -2.55. The maximum atomic E-state index is 13.6. The van der Waals surface area contributed by atoms with Gasteiger partial charge in [-0.15, -0.1) is 0 Å². The summed E-state index contributed by atoms with van der Waals surface area (Å²) in [7, 11) is -3.82. The first-order valence-electron chi connectivity index (χ1n) is 10.8. The number of aromatic nitrogens is 1. The number of piperidine rings is 1. The molecule has 0 spiro atoms. The summed E-state index contributed by atoms with van der Waals surface area (Å²) in [5.74, 6) is -2.08. The van der Waals surface area contributed by atoms with Gasteiger partial charge in [0.2, 0.25) is 10.0 Å². The molecule has 1 aromatic heterocycles. The summed E-state index contributed by atoms with van der Waals surface area (Å²) < 4.78 is 55.5. The lowest BCUT2D eigenvalue weighted by Gasteiger charge is -2.40. The van der Waals surface area contributed by atoms with Gasteiger partial charge in [-0.25, -0.2) is 27.3 Å². The number of nitrogens with two attached hydrogens (primary N) is 1. The number of benzene rings is 1. The monoisotopic (exact) mass is 514 g/mol. The van der Waals surface area contributed by atoms with Crippen LogP contribution in [-0.4, -0.2) is 43.0 Å². The van der Waals surface area contributed by atoms with E-state index in [1.807, 2.05) is 0 Å². The molecule has 2 fully saturated rings. The molecular formula is C22H25ClF2N4O4S. The number of nitrogens with zero attached hydrogens (tertiary/aromatic N) is 2. The third kappa shape index (κ3) is 4.96. The second kappa shape index (κ2) is 8.94. The van der Waals surface area contributed by atoms with Crippen LogP contribution in [0.3, 0.4) is 0 Å². The number of fused-ring (bicyclic) bond motifs is 2. The fourth-order valence-corrected chi connectivity index (χ4v) is 5.27. The van der Waals surface area contributed by atoms with Gasteiger partial charge in [0.05, 0.1) is 5.02 Å². The first kappa shape index (κ1) is 24.6. The van der Waals surface area contributed by atoms with Gasteiger partial charge in [0.25, 0.3) is 5.91 Å². The highest BCUT2D eigenvalue weighted by Crippen LogP contribution is 2.39. The van der Waals surface area contributed by atoms with Gasteiger partial charge in [-0.1, -0.05) is 11.6 Å². The number of ether oxygens (including phenoxy) is 1. The Kier molecular flexibility index (Phi) is 6.47. The first-order valence-corrected chi connectivity index (χ1v) is 12.7. The molecule has 2 aromatic rings. The molecule has 2 aliphatic heterocycles. The van der Waals surface area contributed by atoms with Crippen molar-refractivity contribution in [3.05, 3.63) is 47.1 Å². The highest BCUT2D eigenvalue weighted by atomic mass is 35.5. The predicted molar refractivity (Wildman–Crippen MR) is 122 cm³/mol. The summed E-state index contributed by atoms with van der Waals surface area (Å²) >= 11 is 5.94. The van der Waals surface area contributed by atoms with Gasteiger partial charge in [0.15, 0.2) is 17.2 Å². The maximum Gasteiger partial charge on any atom is 0.263 e. The number of carbonyl (C=O) groups is 1. The topological polar surface area (TPSA) is 115 Å². The van der Waals surface area contributed by atoms with Crippen molar-refractivity contribution < 1.29 is 26.7 Å². The van der Waals surface area contributed by atoms with E-state index in [0.29, 0.717) is 18.7 Å². The summed E-state index contributed by atoms with van der Waals surface area (Å²) in [6.07, 6.45) is 4.42. The predicted octanol–water partition coefficient (Wildman–Crippen LogP) is 3.13. The van der Waals surface area contributed by atoms with E-state index in [0.717, 1.165) is 25.0 Å². The van der Waals surface area contributed by atoms with Crippen LogP contribution in [0.15, 0.2) is 35.4 Å². The second-order valence-electron chi connectivity index (χ2n) is 9.14. The Morgan fingerprint density at radius 2 is 1.82 bits per heavy atom. The van der Waals surface area contributed by atoms with Crippen LogP contribution >= 0.6 is 11.6 Å². The first-order chi connectivity index (χ1) is 15.8. The quantitative estimate of drug-likeness (QED) is 0.572. The van der Waals surface area contributed by atoms with Crippen LogP contribution in [0.5, 0.6) is 5.75 Å². The highest BCUT2D eigenvalue weighted by molar-refractivity contribution is 7.89. The summed E-state index contributed by atoms with van der Waals surface area (Å²) in [6, 6.07) is 4.84. The molecule has 1 unspecified atom stereocenters. The summed E-state index contributed by atoms with van der Waals surface area (Å²) in [4.78, 5) is 19.4. The highest BCUT2D eigenvalue weighted by Gasteiger charge is 2.43. The van der Waals surface area contributed by atoms with Crippen molar-refractivity contribution in [1.82, 2.24) is 10.3 Å². The van der Waals surface area contributed by atoms with E-state index in [1.165, 1.54) is 26.1 Å². The van der Waals surface area contributed by atoms with Crippen molar-refractivity contribution >= 4 is 33.3 Å². The van der Waals surface area contributed by atoms with E-state index >= 15 is 0 Å². The molecule has 2 aliphatic rings. The molecule has 4 rings (SSSR count). The minimum atomic E-state index is -3.82. The van der Waals surface area contributed by atoms with Crippen molar-refractivity contribution in [3.63, 3.8) is 0 Å². The van der Waals surface area contributed by atoms with Crippen LogP contribution in [0.1, 0.15) is 39.5 Å². The Balaban J connectivity index is 1.42. The third-order valence-electron chi connectivity index (χ3n) is 6.27. The van der Waals surface area contributed by atoms with Gasteiger partial charge in [0, 0.05) is 30.4 Å². The molecule has 184 valence electrons. The molecule has 0 aliphatic carbocycles. The SMILES string of the molecule is CC(C)(Oc1cc(F)c(F)cc1Cl)C(=O)NC1C[C@H]2CC[C@@H](C1)N2c1ccc(S(N)(=O)=O)cn1. The molecule has 3 heterocycles. The number of rotatable bonds is 6. The van der Waals surface area contributed by atoms with E-state index in [-0.39, 0.29) is 33.8 Å². The molecule has 34 heavy (non-hydrogen) atoms. The van der Waals surface area contributed by atoms with E-state index in [2.05, 4.69) is 15.2 Å². The average molecular weight is 515 g/mol. The summed E-state index contributed by atoms with van der Waals surface area (Å²) in [6.45, 7) is 3.06. The largest absolute Gasteiger partial charge is 0.476 e. The van der Waals surface area contributed by atoms with Crippen molar-refractivity contribution in [3.8, 4) is 5.75 Å². The zero-order valence-electron chi connectivity index (χ0n) is 18.6. The Bertz CT molecular complexity index is 1200. The third-order valence-corrected chi connectivity index (χ3v) is 7.46. The lowest BCUT2D eigenvalue weighted by atomic mass is 9.96. The smallest absolute Gasteiger partial charge is 0.263 e. The van der Waals surface area contributed by atoms with Crippen molar-refractivity contribution in [2.75, 3.05) is 4.90 Å². The lowest BCUT2D eigenvalue weighted by molar-refractivity contribution is -0.135. The molecule has 12 heteroatoms. The molecule has 2 saturated heterocycles. The van der Waals surface area contributed by atoms with Crippen LogP contribution < -0.4 is 20.1 Å². The van der Waals surface area contributed by atoms with E-state index in [4.69, 9.17) is 21.5 Å². The number of sulfonamides is 1. The zero-order chi connectivity index (χ0) is 24.8. The minimum Gasteiger partial charge on any atom is -0.476 e. The van der Waals surface area contributed by atoms with E-state index in [1.54, 1.807) is 6.07 Å². The number of carbonyl (C=O) groups excluding carboxylic acids is 1. The standard InChI is InChI=1S/C22H25ClF2N4O4S/c1-22(2,33-19-10-18(25)17(24)9-16(19)23)21(30)28-12-7-13-3-4-14(8-12)29(13)20-6-5-15(11-27-20)34(26,31)32/h5-6,9-14H,3-4,7-8H2,1-2H3,(H,28,30)(H2,26,31,32)/t12?,13-,14+. The van der Waals surface area contributed by atoms with Crippen molar-refractivity contribution in [2.24, 2.45) is 5.14 Å². The minimum absolute atomic E-state index is 0.0471. The fraction of sp³-hybridized carbons (Fsp3) is 0.455. The summed E-state index contributed by atoms with van der Waals surface area (Å²) in [5.41, 5.74) is -1.38. The van der Waals surface area contributed by atoms with E-state index < -0.39 is 33.2 Å². The second-order valence-corrected chi connectivity index (χ2v) is 11.1. The van der Waals surface area contributed by atoms with Gasteiger partial charge < -0.3 is 15.0 Å².